The van der Waals surface area contributed by atoms with Gasteiger partial charge in [-0.15, -0.1) is 0 Å². The molecule has 0 radical (unpaired) electrons. The smallest absolute Gasteiger partial charge is 0.269 e. The van der Waals surface area contributed by atoms with Crippen LogP contribution in [0.1, 0.15) is 66.4 Å². The highest BCUT2D eigenvalue weighted by Gasteiger charge is 2.22. The first-order valence-corrected chi connectivity index (χ1v) is 22.3. The van der Waals surface area contributed by atoms with E-state index in [1.165, 1.54) is 5.56 Å². The van der Waals surface area contributed by atoms with Crippen LogP contribution < -0.4 is 9.30 Å². The van der Waals surface area contributed by atoms with Crippen LogP contribution in [0.5, 0.6) is 11.5 Å². The van der Waals surface area contributed by atoms with Gasteiger partial charge < -0.3 is 4.74 Å². The highest BCUT2D eigenvalue weighted by molar-refractivity contribution is 6.09. The van der Waals surface area contributed by atoms with Gasteiger partial charge >= 0.3 is 0 Å². The van der Waals surface area contributed by atoms with Gasteiger partial charge in [0.2, 0.25) is 0 Å². The highest BCUT2D eigenvalue weighted by Crippen LogP contribution is 2.38. The number of ether oxygens (including phenoxy) is 1. The van der Waals surface area contributed by atoms with Gasteiger partial charge in [0.1, 0.15) is 17.3 Å². The molecule has 5 nitrogen and oxygen atoms in total. The van der Waals surface area contributed by atoms with Crippen LogP contribution in [0.25, 0.3) is 83.4 Å². The third-order valence-electron chi connectivity index (χ3n) is 12.3. The summed E-state index contributed by atoms with van der Waals surface area (Å²) in [5.41, 5.74) is 7.91. The molecule has 326 valence electrons. The molecule has 0 unspecified atom stereocenters. The maximum absolute atomic E-state index is 9.17. The predicted molar refractivity (Wildman–Crippen MR) is 276 cm³/mol. The van der Waals surface area contributed by atoms with E-state index in [4.69, 9.17) is 23.4 Å². The third kappa shape index (κ3) is 7.76. The van der Waals surface area contributed by atoms with Gasteiger partial charge in [0.15, 0.2) is 0 Å². The number of hydrogen-bond acceptors (Lipinski definition) is 2. The van der Waals surface area contributed by atoms with E-state index in [1.54, 1.807) is 22.8 Å². The van der Waals surface area contributed by atoms with Crippen molar-refractivity contribution in [3.05, 3.63) is 224 Å². The number of imidazole rings is 1. The van der Waals surface area contributed by atoms with Gasteiger partial charge in [-0.1, -0.05) is 181 Å². The van der Waals surface area contributed by atoms with Crippen molar-refractivity contribution in [2.24, 2.45) is 0 Å². The Bertz CT molecular complexity index is 4080. The Kier molecular flexibility index (Phi) is 7.80. The molecular formula is C62H52N4O. The Morgan fingerprint density at radius 1 is 0.522 bits per heavy atom. The zero-order chi connectivity index (χ0) is 54.6. The first kappa shape index (κ1) is 31.8. The van der Waals surface area contributed by atoms with E-state index >= 15 is 0 Å². The lowest BCUT2D eigenvalue weighted by atomic mass is 9.86. The number of rotatable bonds is 8. The first-order chi connectivity index (χ1) is 36.6. The zero-order valence-electron chi connectivity index (χ0n) is 48.1. The largest absolute Gasteiger partial charge is 0.458 e. The monoisotopic (exact) mass is 878 g/mol. The van der Waals surface area contributed by atoms with Gasteiger partial charge in [0, 0.05) is 23.0 Å². The number of benzene rings is 8. The molecule has 0 N–H and O–H groups in total. The molecule has 0 bridgehead atoms. The van der Waals surface area contributed by atoms with Crippen molar-refractivity contribution >= 4 is 32.8 Å². The van der Waals surface area contributed by atoms with Gasteiger partial charge in [-0.2, -0.15) is 0 Å². The number of pyridine rings is 1. The Hall–Kier alpha value is -8.02. The van der Waals surface area contributed by atoms with Crippen molar-refractivity contribution < 1.29 is 23.0 Å². The lowest BCUT2D eigenvalue weighted by molar-refractivity contribution is -0.571. The summed E-state index contributed by atoms with van der Waals surface area (Å²) in [6, 6.07) is 39.9. The molecule has 0 amide bonds. The SMILES string of the molecule is [2H]c1c([2H])c([2H])c(-c2cccc(-c3c([2H])c([2H])c([2H])c([2H])c3[2H])c2-[n+]2[c-]n(-c3cccc(Oc4ccc5c6ccccc6n(-c6cc(C(C)(C)C)ccn6)c5c4)c3)c3cc(-c4ccc(C(C)(C)C)cc4)ccc32)c([2H])c1[2H]. The minimum absolute atomic E-state index is 0.0736. The van der Waals surface area contributed by atoms with E-state index in [1.807, 2.05) is 77.5 Å². The van der Waals surface area contributed by atoms with Crippen LogP contribution in [-0.2, 0) is 10.8 Å². The Balaban J connectivity index is 1.14. The second-order valence-electron chi connectivity index (χ2n) is 18.8. The fourth-order valence-electron chi connectivity index (χ4n) is 8.86. The Labute approximate surface area is 406 Å². The summed E-state index contributed by atoms with van der Waals surface area (Å²) in [5, 5.41) is 2.12. The molecule has 3 heterocycles. The van der Waals surface area contributed by atoms with Crippen LogP contribution in [0.4, 0.5) is 0 Å². The number of para-hydroxylation sites is 2. The molecule has 0 saturated carbocycles. The van der Waals surface area contributed by atoms with Crippen molar-refractivity contribution in [3.8, 4) is 62.1 Å². The van der Waals surface area contributed by atoms with Crippen molar-refractivity contribution in [1.29, 1.82) is 0 Å². The summed E-state index contributed by atoms with van der Waals surface area (Å²) >= 11 is 0. The minimum atomic E-state index is -0.571. The van der Waals surface area contributed by atoms with Gasteiger partial charge in [-0.25, -0.2) is 4.98 Å². The maximum atomic E-state index is 9.17. The van der Waals surface area contributed by atoms with E-state index in [9.17, 15) is 0 Å². The van der Waals surface area contributed by atoms with Crippen LogP contribution in [0.15, 0.2) is 206 Å². The Morgan fingerprint density at radius 3 is 1.87 bits per heavy atom. The summed E-state index contributed by atoms with van der Waals surface area (Å²) in [4.78, 5) is 4.85. The number of aromatic nitrogens is 4. The predicted octanol–water partition coefficient (Wildman–Crippen LogP) is 15.6. The van der Waals surface area contributed by atoms with Crippen LogP contribution in [0.3, 0.4) is 0 Å². The molecule has 3 aromatic heterocycles. The summed E-state index contributed by atoms with van der Waals surface area (Å²) in [6.45, 7) is 13.0. The first-order valence-electron chi connectivity index (χ1n) is 27.3. The van der Waals surface area contributed by atoms with Gasteiger partial charge in [-0.3, -0.25) is 13.7 Å². The molecule has 0 aliphatic carbocycles. The minimum Gasteiger partial charge on any atom is -0.458 e. The molecule has 0 atom stereocenters. The summed E-state index contributed by atoms with van der Waals surface area (Å²) in [6.07, 6.45) is 5.39. The number of fused-ring (bicyclic) bond motifs is 4. The van der Waals surface area contributed by atoms with E-state index < -0.39 is 60.4 Å². The third-order valence-corrected chi connectivity index (χ3v) is 12.3. The Morgan fingerprint density at radius 2 is 1.16 bits per heavy atom. The van der Waals surface area contributed by atoms with Gasteiger partial charge in [-0.05, 0) is 110 Å². The second-order valence-corrected chi connectivity index (χ2v) is 18.8. The summed E-state index contributed by atoms with van der Waals surface area (Å²) < 4.78 is 101. The summed E-state index contributed by atoms with van der Waals surface area (Å²) in [5.74, 6) is 1.88. The molecule has 0 aliphatic rings. The van der Waals surface area contributed by atoms with Gasteiger partial charge in [0.25, 0.3) is 6.33 Å². The van der Waals surface area contributed by atoms with Crippen molar-refractivity contribution in [1.82, 2.24) is 14.1 Å². The lowest BCUT2D eigenvalue weighted by Gasteiger charge is -2.20. The normalized spacial score (nSPS) is 14.1. The second kappa shape index (κ2) is 16.4. The molecule has 11 rings (SSSR count). The summed E-state index contributed by atoms with van der Waals surface area (Å²) in [7, 11) is 0. The van der Waals surface area contributed by atoms with Crippen molar-refractivity contribution in [2.45, 2.75) is 52.4 Å². The standard InChI is InChI=1S/C62H52N4O/c1-61(2,3)46-30-27-42(28-31-46)45-29-34-56-58(37-45)64(41-65(56)60-51(43-17-9-7-10-18-43)24-16-25-52(60)44-19-11-8-12-20-44)48-21-15-22-49(39-48)67-50-32-33-54-53-23-13-14-26-55(53)66(57(54)40-50)59-38-47(35-36-63-59)62(4,5)6/h7-40H,1-6H3/i7D,8D,9D,10D,11D,12D,17D,18D,19D,20D. The van der Waals surface area contributed by atoms with Crippen molar-refractivity contribution in [3.63, 3.8) is 0 Å². The van der Waals surface area contributed by atoms with E-state index in [-0.39, 0.29) is 38.8 Å². The van der Waals surface area contributed by atoms with Crippen molar-refractivity contribution in [2.75, 3.05) is 0 Å². The number of nitrogens with zero attached hydrogens (tertiary/aromatic N) is 4. The van der Waals surface area contributed by atoms with Crippen LogP contribution in [0, 0.1) is 6.33 Å². The van der Waals surface area contributed by atoms with E-state index in [0.29, 0.717) is 28.2 Å². The highest BCUT2D eigenvalue weighted by atomic mass is 16.5. The molecule has 8 aromatic carbocycles. The molecule has 5 heteroatoms. The van der Waals surface area contributed by atoms with Gasteiger partial charge in [0.05, 0.1) is 47.1 Å². The molecule has 0 spiro atoms. The molecule has 0 fully saturated rings. The molecule has 67 heavy (non-hydrogen) atoms. The maximum Gasteiger partial charge on any atom is 0.269 e. The molecule has 11 aromatic rings. The fraction of sp³-hybridized carbons (Fsp3) is 0.129. The van der Waals surface area contributed by atoms with E-state index in [0.717, 1.165) is 44.3 Å². The average Bonchev–Trinajstić information content (AvgIpc) is 4.11. The molecule has 0 aliphatic heterocycles. The molecular weight excluding hydrogens is 817 g/mol. The van der Waals surface area contributed by atoms with Crippen LogP contribution in [-0.4, -0.2) is 14.1 Å². The van der Waals surface area contributed by atoms with Crippen LogP contribution in [0.2, 0.25) is 0 Å². The lowest BCUT2D eigenvalue weighted by Crippen LogP contribution is -2.31. The zero-order valence-corrected chi connectivity index (χ0v) is 38.1. The average molecular weight is 879 g/mol. The molecule has 0 saturated heterocycles. The fourth-order valence-corrected chi connectivity index (χ4v) is 8.86. The number of hydrogen-bond donors (Lipinski definition) is 0. The van der Waals surface area contributed by atoms with E-state index in [2.05, 4.69) is 107 Å². The topological polar surface area (TPSA) is 35.9 Å². The van der Waals surface area contributed by atoms with Crippen LogP contribution >= 0.6 is 0 Å². The quantitative estimate of drug-likeness (QED) is 0.113.